The van der Waals surface area contributed by atoms with Crippen LogP contribution >= 0.6 is 0 Å². The molecule has 0 radical (unpaired) electrons. The molecule has 3 N–H and O–H groups in total. The molecular weight excluding hydrogens is 240 g/mol. The fourth-order valence-corrected chi connectivity index (χ4v) is 2.95. The zero-order valence-corrected chi connectivity index (χ0v) is 11.2. The summed E-state index contributed by atoms with van der Waals surface area (Å²) < 4.78 is 5.34. The molecule has 3 atom stereocenters. The standard InChI is InChI=1S/C15H20N2O2/c1-15(9-19-8-13(15)16)14(18)17-12-7-6-10-4-2-3-5-11(10)12/h2-5,12-13H,6-9,16H2,1H3,(H,17,18). The Morgan fingerprint density at radius 1 is 1.47 bits per heavy atom. The van der Waals surface area contributed by atoms with Crippen LogP contribution in [0.1, 0.15) is 30.5 Å². The molecule has 4 heteroatoms. The molecule has 1 aromatic rings. The van der Waals surface area contributed by atoms with E-state index in [0.717, 1.165) is 12.8 Å². The lowest BCUT2D eigenvalue weighted by molar-refractivity contribution is -0.131. The van der Waals surface area contributed by atoms with Gasteiger partial charge in [0.25, 0.3) is 0 Å². The highest BCUT2D eigenvalue weighted by Gasteiger charge is 2.45. The normalized spacial score (nSPS) is 33.2. The van der Waals surface area contributed by atoms with Crippen LogP contribution in [0.5, 0.6) is 0 Å². The van der Waals surface area contributed by atoms with Crippen LogP contribution < -0.4 is 11.1 Å². The number of benzene rings is 1. The third kappa shape index (κ3) is 2.05. The van der Waals surface area contributed by atoms with Crippen molar-refractivity contribution in [3.8, 4) is 0 Å². The van der Waals surface area contributed by atoms with E-state index < -0.39 is 5.41 Å². The Morgan fingerprint density at radius 3 is 3.00 bits per heavy atom. The summed E-state index contributed by atoms with van der Waals surface area (Å²) in [5, 5.41) is 3.15. The van der Waals surface area contributed by atoms with Crippen LogP contribution in [0.15, 0.2) is 24.3 Å². The lowest BCUT2D eigenvalue weighted by Crippen LogP contribution is -2.50. The molecule has 4 nitrogen and oxygen atoms in total. The van der Waals surface area contributed by atoms with Crippen molar-refractivity contribution in [3.05, 3.63) is 35.4 Å². The SMILES string of the molecule is CC1(C(=O)NC2CCc3ccccc32)COCC1N. The van der Waals surface area contributed by atoms with Gasteiger partial charge in [-0.15, -0.1) is 0 Å². The van der Waals surface area contributed by atoms with E-state index in [2.05, 4.69) is 17.4 Å². The number of carbonyl (C=O) groups is 1. The smallest absolute Gasteiger partial charge is 0.230 e. The van der Waals surface area contributed by atoms with Crippen LogP contribution in [0, 0.1) is 5.41 Å². The van der Waals surface area contributed by atoms with Crippen LogP contribution in [0.3, 0.4) is 0 Å². The second-order valence-electron chi connectivity index (χ2n) is 5.80. The maximum Gasteiger partial charge on any atom is 0.230 e. The number of fused-ring (bicyclic) bond motifs is 1. The molecule has 102 valence electrons. The van der Waals surface area contributed by atoms with E-state index in [4.69, 9.17) is 10.5 Å². The van der Waals surface area contributed by atoms with E-state index in [0.29, 0.717) is 13.2 Å². The van der Waals surface area contributed by atoms with E-state index >= 15 is 0 Å². The molecule has 3 rings (SSSR count). The first-order valence-corrected chi connectivity index (χ1v) is 6.83. The molecule has 1 heterocycles. The van der Waals surface area contributed by atoms with E-state index in [1.165, 1.54) is 11.1 Å². The average Bonchev–Trinajstić information content (AvgIpc) is 2.96. The molecule has 2 aliphatic rings. The highest BCUT2D eigenvalue weighted by molar-refractivity contribution is 5.84. The van der Waals surface area contributed by atoms with Crippen molar-refractivity contribution < 1.29 is 9.53 Å². The van der Waals surface area contributed by atoms with Gasteiger partial charge in [-0.05, 0) is 30.9 Å². The van der Waals surface area contributed by atoms with Gasteiger partial charge in [-0.1, -0.05) is 24.3 Å². The number of nitrogens with one attached hydrogen (secondary N) is 1. The summed E-state index contributed by atoms with van der Waals surface area (Å²) in [6.45, 7) is 2.76. The quantitative estimate of drug-likeness (QED) is 0.838. The van der Waals surface area contributed by atoms with Gasteiger partial charge in [-0.2, -0.15) is 0 Å². The summed E-state index contributed by atoms with van der Waals surface area (Å²) in [4.78, 5) is 12.5. The van der Waals surface area contributed by atoms with Gasteiger partial charge in [0.2, 0.25) is 5.91 Å². The molecule has 1 aliphatic carbocycles. The van der Waals surface area contributed by atoms with Crippen molar-refractivity contribution >= 4 is 5.91 Å². The van der Waals surface area contributed by atoms with Gasteiger partial charge in [0.1, 0.15) is 0 Å². The van der Waals surface area contributed by atoms with Crippen molar-refractivity contribution in [2.45, 2.75) is 31.8 Å². The largest absolute Gasteiger partial charge is 0.379 e. The van der Waals surface area contributed by atoms with Crippen molar-refractivity contribution in [2.24, 2.45) is 11.1 Å². The first-order valence-electron chi connectivity index (χ1n) is 6.83. The van der Waals surface area contributed by atoms with Crippen molar-refractivity contribution in [3.63, 3.8) is 0 Å². The van der Waals surface area contributed by atoms with Gasteiger partial charge in [-0.25, -0.2) is 0 Å². The predicted octanol–water partition coefficient (Wildman–Crippen LogP) is 1.15. The lowest BCUT2D eigenvalue weighted by Gasteiger charge is -2.27. The number of hydrogen-bond acceptors (Lipinski definition) is 3. The van der Waals surface area contributed by atoms with Gasteiger partial charge in [-0.3, -0.25) is 4.79 Å². The van der Waals surface area contributed by atoms with Gasteiger partial charge in [0.15, 0.2) is 0 Å². The molecule has 0 saturated carbocycles. The number of aryl methyl sites for hydroxylation is 1. The maximum atomic E-state index is 12.5. The van der Waals surface area contributed by atoms with E-state index in [-0.39, 0.29) is 18.0 Å². The zero-order valence-electron chi connectivity index (χ0n) is 11.2. The van der Waals surface area contributed by atoms with Gasteiger partial charge >= 0.3 is 0 Å². The van der Waals surface area contributed by atoms with Crippen molar-refractivity contribution in [1.29, 1.82) is 0 Å². The van der Waals surface area contributed by atoms with Crippen LogP contribution in [0.2, 0.25) is 0 Å². The monoisotopic (exact) mass is 260 g/mol. The lowest BCUT2D eigenvalue weighted by atomic mass is 9.84. The van der Waals surface area contributed by atoms with Crippen LogP contribution in [0.4, 0.5) is 0 Å². The minimum absolute atomic E-state index is 0.0132. The summed E-state index contributed by atoms with van der Waals surface area (Å²) in [5.74, 6) is 0.0132. The number of amides is 1. The van der Waals surface area contributed by atoms with Crippen molar-refractivity contribution in [1.82, 2.24) is 5.32 Å². The second kappa shape index (κ2) is 4.62. The Morgan fingerprint density at radius 2 is 2.26 bits per heavy atom. The first kappa shape index (κ1) is 12.6. The van der Waals surface area contributed by atoms with Crippen LogP contribution in [0.25, 0.3) is 0 Å². The molecule has 3 unspecified atom stereocenters. The molecular formula is C15H20N2O2. The number of ether oxygens (including phenoxy) is 1. The maximum absolute atomic E-state index is 12.5. The molecule has 0 spiro atoms. The highest BCUT2D eigenvalue weighted by atomic mass is 16.5. The number of hydrogen-bond donors (Lipinski definition) is 2. The Labute approximate surface area is 113 Å². The Kier molecular flexibility index (Phi) is 3.07. The molecule has 0 bridgehead atoms. The number of rotatable bonds is 2. The summed E-state index contributed by atoms with van der Waals surface area (Å²) in [5.41, 5.74) is 7.98. The second-order valence-corrected chi connectivity index (χ2v) is 5.80. The molecule has 1 amide bonds. The molecule has 0 aromatic heterocycles. The summed E-state index contributed by atoms with van der Waals surface area (Å²) in [7, 11) is 0. The molecule has 1 aliphatic heterocycles. The Hall–Kier alpha value is -1.39. The third-order valence-electron chi connectivity index (χ3n) is 4.47. The Bertz CT molecular complexity index is 503. The number of nitrogens with two attached hydrogens (primary N) is 1. The molecule has 1 aromatic carbocycles. The number of carbonyl (C=O) groups excluding carboxylic acids is 1. The molecule has 1 fully saturated rings. The summed E-state index contributed by atoms with van der Waals surface area (Å²) in [6.07, 6.45) is 2.00. The van der Waals surface area contributed by atoms with E-state index in [9.17, 15) is 4.79 Å². The predicted molar refractivity (Wildman–Crippen MR) is 72.5 cm³/mol. The zero-order chi connectivity index (χ0) is 13.5. The minimum Gasteiger partial charge on any atom is -0.379 e. The van der Waals surface area contributed by atoms with Crippen LogP contribution in [-0.2, 0) is 16.0 Å². The van der Waals surface area contributed by atoms with Crippen molar-refractivity contribution in [2.75, 3.05) is 13.2 Å². The first-order chi connectivity index (χ1) is 9.11. The Balaban J connectivity index is 1.75. The van der Waals surface area contributed by atoms with E-state index in [1.807, 2.05) is 19.1 Å². The van der Waals surface area contributed by atoms with Gasteiger partial charge in [0, 0.05) is 6.04 Å². The third-order valence-corrected chi connectivity index (χ3v) is 4.47. The fourth-order valence-electron chi connectivity index (χ4n) is 2.95. The van der Waals surface area contributed by atoms with E-state index in [1.54, 1.807) is 0 Å². The van der Waals surface area contributed by atoms with Gasteiger partial charge < -0.3 is 15.8 Å². The van der Waals surface area contributed by atoms with Gasteiger partial charge in [0.05, 0.1) is 24.7 Å². The molecule has 19 heavy (non-hydrogen) atoms. The van der Waals surface area contributed by atoms with Crippen LogP contribution in [-0.4, -0.2) is 25.2 Å². The average molecular weight is 260 g/mol. The topological polar surface area (TPSA) is 64.3 Å². The fraction of sp³-hybridized carbons (Fsp3) is 0.533. The minimum atomic E-state index is -0.600. The molecule has 1 saturated heterocycles. The summed E-state index contributed by atoms with van der Waals surface area (Å²) >= 11 is 0. The highest BCUT2D eigenvalue weighted by Crippen LogP contribution is 2.33. The summed E-state index contributed by atoms with van der Waals surface area (Å²) in [6, 6.07) is 8.20.